The van der Waals surface area contributed by atoms with Crippen molar-refractivity contribution in [3.63, 3.8) is 0 Å². The van der Waals surface area contributed by atoms with Crippen molar-refractivity contribution in [3.8, 4) is 0 Å². The largest absolute Gasteiger partial charge is 0.398 e. The minimum absolute atomic E-state index is 0.0649. The second-order valence-corrected chi connectivity index (χ2v) is 8.53. The van der Waals surface area contributed by atoms with Crippen molar-refractivity contribution >= 4 is 31.6 Å². The van der Waals surface area contributed by atoms with Crippen LogP contribution in [-0.2, 0) is 10.0 Å². The molecule has 4 nitrogen and oxygen atoms in total. The number of nitrogens with one attached hydrogen (secondary N) is 1. The Morgan fingerprint density at radius 1 is 1.30 bits per heavy atom. The van der Waals surface area contributed by atoms with Gasteiger partial charge in [-0.15, -0.1) is 0 Å². The number of sulfonamides is 1. The maximum absolute atomic E-state index is 12.3. The van der Waals surface area contributed by atoms with Gasteiger partial charge in [0.15, 0.2) is 0 Å². The predicted molar refractivity (Wildman–Crippen MR) is 84.9 cm³/mol. The molecule has 3 N–H and O–H groups in total. The zero-order chi connectivity index (χ0) is 14.8. The maximum Gasteiger partial charge on any atom is 0.242 e. The quantitative estimate of drug-likeness (QED) is 0.809. The average Bonchev–Trinajstić information content (AvgIpc) is 2.37. The smallest absolute Gasteiger partial charge is 0.242 e. The Morgan fingerprint density at radius 3 is 2.55 bits per heavy atom. The maximum atomic E-state index is 12.3. The van der Waals surface area contributed by atoms with Crippen LogP contribution in [0.15, 0.2) is 27.6 Å². The molecule has 0 heterocycles. The highest BCUT2D eigenvalue weighted by Gasteiger charge is 2.29. The van der Waals surface area contributed by atoms with Crippen molar-refractivity contribution in [2.24, 2.45) is 5.41 Å². The Morgan fingerprint density at radius 2 is 1.95 bits per heavy atom. The predicted octanol–water partition coefficient (Wildman–Crippen LogP) is 3.28. The monoisotopic (exact) mass is 360 g/mol. The highest BCUT2D eigenvalue weighted by atomic mass is 79.9. The van der Waals surface area contributed by atoms with E-state index in [4.69, 9.17) is 5.73 Å². The van der Waals surface area contributed by atoms with E-state index in [1.807, 2.05) is 0 Å². The Labute approximate surface area is 129 Å². The van der Waals surface area contributed by atoms with Crippen LogP contribution >= 0.6 is 15.9 Å². The number of halogens is 1. The first-order valence-corrected chi connectivity index (χ1v) is 9.15. The van der Waals surface area contributed by atoms with Crippen LogP contribution in [0.4, 0.5) is 5.69 Å². The molecule has 2 rings (SSSR count). The number of nitrogen functional groups attached to an aromatic ring is 1. The third kappa shape index (κ3) is 3.74. The van der Waals surface area contributed by atoms with E-state index >= 15 is 0 Å². The minimum atomic E-state index is -3.54. The summed E-state index contributed by atoms with van der Waals surface area (Å²) in [6, 6.07) is 4.83. The van der Waals surface area contributed by atoms with Gasteiger partial charge in [0.2, 0.25) is 10.0 Å². The Balaban J connectivity index is 2.11. The number of anilines is 1. The number of hydrogen-bond acceptors (Lipinski definition) is 3. The summed E-state index contributed by atoms with van der Waals surface area (Å²) < 4.78 is 28.2. The van der Waals surface area contributed by atoms with E-state index in [-0.39, 0.29) is 16.0 Å². The van der Waals surface area contributed by atoms with Gasteiger partial charge in [-0.3, -0.25) is 0 Å². The van der Waals surface area contributed by atoms with Crippen molar-refractivity contribution in [2.75, 3.05) is 12.3 Å². The Hall–Kier alpha value is -0.590. The molecule has 0 atom stereocenters. The van der Waals surface area contributed by atoms with Crippen molar-refractivity contribution in [3.05, 3.63) is 22.7 Å². The van der Waals surface area contributed by atoms with Crippen LogP contribution in [0.3, 0.4) is 0 Å². The molecule has 1 aliphatic carbocycles. The summed E-state index contributed by atoms with van der Waals surface area (Å²) in [7, 11) is -3.54. The van der Waals surface area contributed by atoms with Gasteiger partial charge in [-0.25, -0.2) is 13.1 Å². The molecule has 0 aliphatic heterocycles. The fraction of sp³-hybridized carbons (Fsp3) is 0.571. The fourth-order valence-corrected chi connectivity index (χ4v) is 4.38. The van der Waals surface area contributed by atoms with Crippen LogP contribution < -0.4 is 10.5 Å². The summed E-state index contributed by atoms with van der Waals surface area (Å²) in [5.41, 5.74) is 6.13. The van der Waals surface area contributed by atoms with Crippen LogP contribution in [0, 0.1) is 5.41 Å². The number of hydrogen-bond donors (Lipinski definition) is 2. The molecule has 1 aromatic rings. The summed E-state index contributed by atoms with van der Waals surface area (Å²) in [6.45, 7) is 2.63. The van der Waals surface area contributed by atoms with Crippen LogP contribution in [0.5, 0.6) is 0 Å². The lowest BCUT2D eigenvalue weighted by Crippen LogP contribution is -2.37. The molecule has 0 saturated heterocycles. The third-order valence-corrected chi connectivity index (χ3v) is 5.98. The highest BCUT2D eigenvalue weighted by Crippen LogP contribution is 2.35. The molecule has 0 unspecified atom stereocenters. The summed E-state index contributed by atoms with van der Waals surface area (Å²) in [5, 5.41) is 0. The molecule has 1 aromatic carbocycles. The Bertz CT molecular complexity index is 581. The molecule has 1 saturated carbocycles. The van der Waals surface area contributed by atoms with Gasteiger partial charge in [-0.2, -0.15) is 0 Å². The van der Waals surface area contributed by atoms with E-state index < -0.39 is 10.0 Å². The summed E-state index contributed by atoms with van der Waals surface area (Å²) in [6.07, 6.45) is 5.76. The molecular weight excluding hydrogens is 340 g/mol. The van der Waals surface area contributed by atoms with Crippen molar-refractivity contribution < 1.29 is 8.42 Å². The zero-order valence-electron chi connectivity index (χ0n) is 11.7. The first-order chi connectivity index (χ1) is 9.32. The van der Waals surface area contributed by atoms with Gasteiger partial charge in [0.05, 0.1) is 5.69 Å². The number of rotatable bonds is 4. The number of nitrogens with two attached hydrogens (primary N) is 1. The minimum Gasteiger partial charge on any atom is -0.398 e. The van der Waals surface area contributed by atoms with Gasteiger partial charge in [0, 0.05) is 11.0 Å². The lowest BCUT2D eigenvalue weighted by molar-refractivity contribution is 0.219. The van der Waals surface area contributed by atoms with Crippen LogP contribution in [0.2, 0.25) is 0 Å². The summed E-state index contributed by atoms with van der Waals surface area (Å²) in [5.74, 6) is 0. The second-order valence-electron chi connectivity index (χ2n) is 5.88. The first kappa shape index (κ1) is 15.8. The highest BCUT2D eigenvalue weighted by molar-refractivity contribution is 9.10. The molecule has 0 bridgehead atoms. The number of benzene rings is 1. The van der Waals surface area contributed by atoms with Gasteiger partial charge in [0.1, 0.15) is 4.90 Å². The molecule has 1 fully saturated rings. The van der Waals surface area contributed by atoms with E-state index in [9.17, 15) is 8.42 Å². The van der Waals surface area contributed by atoms with Gasteiger partial charge >= 0.3 is 0 Å². The standard InChI is InChI=1S/C14H21BrN2O2S/c1-14(7-3-2-4-8-14)10-17-20(18,19)13-6-5-11(15)9-12(13)16/h5-6,9,17H,2-4,7-8,10,16H2,1H3. The first-order valence-electron chi connectivity index (χ1n) is 6.87. The zero-order valence-corrected chi connectivity index (χ0v) is 14.1. The molecule has 6 heteroatoms. The van der Waals surface area contributed by atoms with Crippen LogP contribution in [0.1, 0.15) is 39.0 Å². The molecule has 0 amide bonds. The molecule has 112 valence electrons. The molecule has 0 radical (unpaired) electrons. The van der Waals surface area contributed by atoms with Crippen LogP contribution in [-0.4, -0.2) is 15.0 Å². The van der Waals surface area contributed by atoms with Crippen molar-refractivity contribution in [1.29, 1.82) is 0 Å². The Kier molecular flexibility index (Phi) is 4.76. The molecule has 0 aromatic heterocycles. The van der Waals surface area contributed by atoms with E-state index in [0.717, 1.165) is 17.3 Å². The lowest BCUT2D eigenvalue weighted by atomic mass is 9.76. The fourth-order valence-electron chi connectivity index (χ4n) is 2.69. The normalized spacial score (nSPS) is 18.9. The SMILES string of the molecule is CC1(CNS(=O)(=O)c2ccc(Br)cc2N)CCCCC1. The van der Waals surface area contributed by atoms with E-state index in [1.54, 1.807) is 12.1 Å². The molecule has 1 aliphatic rings. The van der Waals surface area contributed by atoms with E-state index in [1.165, 1.54) is 25.3 Å². The average molecular weight is 361 g/mol. The molecule has 20 heavy (non-hydrogen) atoms. The van der Waals surface area contributed by atoms with E-state index in [2.05, 4.69) is 27.6 Å². The molecular formula is C14H21BrN2O2S. The third-order valence-electron chi connectivity index (χ3n) is 4.01. The van der Waals surface area contributed by atoms with Crippen molar-refractivity contribution in [1.82, 2.24) is 4.72 Å². The van der Waals surface area contributed by atoms with Gasteiger partial charge < -0.3 is 5.73 Å². The van der Waals surface area contributed by atoms with Crippen molar-refractivity contribution in [2.45, 2.75) is 43.9 Å². The van der Waals surface area contributed by atoms with E-state index in [0.29, 0.717) is 6.54 Å². The topological polar surface area (TPSA) is 72.2 Å². The molecule has 0 spiro atoms. The van der Waals surface area contributed by atoms with Gasteiger partial charge in [0.25, 0.3) is 0 Å². The summed E-state index contributed by atoms with van der Waals surface area (Å²) in [4.78, 5) is 0.153. The lowest BCUT2D eigenvalue weighted by Gasteiger charge is -2.33. The van der Waals surface area contributed by atoms with Gasteiger partial charge in [-0.05, 0) is 36.5 Å². The van der Waals surface area contributed by atoms with Crippen LogP contribution in [0.25, 0.3) is 0 Å². The second kappa shape index (κ2) is 6.03. The summed E-state index contributed by atoms with van der Waals surface area (Å²) >= 11 is 3.28. The van der Waals surface area contributed by atoms with Gasteiger partial charge in [-0.1, -0.05) is 42.1 Å².